The van der Waals surface area contributed by atoms with Crippen LogP contribution in [0.15, 0.2) is 54.6 Å². The summed E-state index contributed by atoms with van der Waals surface area (Å²) in [6.07, 6.45) is 2.05. The molecule has 6 aliphatic rings. The summed E-state index contributed by atoms with van der Waals surface area (Å²) >= 11 is 0. The van der Waals surface area contributed by atoms with Gasteiger partial charge >= 0.3 is 0 Å². The number of ether oxygens (including phenoxy) is 1. The van der Waals surface area contributed by atoms with E-state index in [1.54, 1.807) is 18.2 Å². The van der Waals surface area contributed by atoms with Gasteiger partial charge in [0.25, 0.3) is 17.7 Å². The lowest BCUT2D eigenvalue weighted by atomic mass is 9.49. The number of rotatable bonds is 6. The van der Waals surface area contributed by atoms with E-state index in [0.29, 0.717) is 23.7 Å². The first-order valence-electron chi connectivity index (χ1n) is 20.6. The molecule has 0 aromatic heterocycles. The first kappa shape index (κ1) is 38.5. The van der Waals surface area contributed by atoms with Gasteiger partial charge < -0.3 is 14.5 Å². The molecule has 5 aliphatic heterocycles. The zero-order chi connectivity index (χ0) is 41.5. The Bertz CT molecular complexity index is 2430. The highest BCUT2D eigenvalue weighted by Gasteiger charge is 2.67. The molecular weight excluding hydrogens is 745 g/mol. The third-order valence-electron chi connectivity index (χ3n) is 13.7. The van der Waals surface area contributed by atoms with Crippen LogP contribution in [0.5, 0.6) is 5.75 Å². The monoisotopic (exact) mass is 792 g/mol. The molecule has 9 rings (SSSR count). The van der Waals surface area contributed by atoms with Crippen LogP contribution in [0.1, 0.15) is 107 Å². The van der Waals surface area contributed by atoms with Crippen LogP contribution in [0.3, 0.4) is 0 Å². The third kappa shape index (κ3) is 6.36. The fourth-order valence-electron chi connectivity index (χ4n) is 11.0. The Kier molecular flexibility index (Phi) is 9.20. The Morgan fingerprint density at radius 1 is 0.814 bits per heavy atom. The van der Waals surface area contributed by atoms with Crippen molar-refractivity contribution in [1.82, 2.24) is 20.0 Å². The minimum atomic E-state index is -0.976. The maximum Gasteiger partial charge on any atom is 0.262 e. The number of anilines is 1. The molecule has 4 fully saturated rings. The van der Waals surface area contributed by atoms with Gasteiger partial charge in [-0.1, -0.05) is 39.5 Å². The van der Waals surface area contributed by atoms with Crippen LogP contribution in [-0.4, -0.2) is 94.6 Å². The molecule has 0 radical (unpaired) electrons. The van der Waals surface area contributed by atoms with Gasteiger partial charge in [0.15, 0.2) is 0 Å². The zero-order valence-electron chi connectivity index (χ0n) is 34.1. The summed E-state index contributed by atoms with van der Waals surface area (Å²) in [4.78, 5) is 72.1. The Hall–Kier alpha value is -5.98. The predicted molar refractivity (Wildman–Crippen MR) is 218 cm³/mol. The number of likely N-dealkylation sites (tertiary alicyclic amines) is 1. The van der Waals surface area contributed by atoms with E-state index in [2.05, 4.69) is 66.8 Å². The predicted octanol–water partition coefficient (Wildman–Crippen LogP) is 5.06. The Balaban J connectivity index is 0.777. The van der Waals surface area contributed by atoms with Crippen molar-refractivity contribution >= 4 is 35.2 Å². The molecule has 1 N–H and O–H groups in total. The summed E-state index contributed by atoms with van der Waals surface area (Å²) in [5.74, 6) is 6.05. The number of aryl methyl sites for hydroxylation is 1. The summed E-state index contributed by atoms with van der Waals surface area (Å²) < 4.78 is 6.56. The number of carbonyl (C=O) groups excluding carboxylic acids is 5. The van der Waals surface area contributed by atoms with Crippen LogP contribution in [-0.2, 0) is 16.1 Å². The largest absolute Gasteiger partial charge is 0.489 e. The summed E-state index contributed by atoms with van der Waals surface area (Å²) in [5.41, 5.74) is 5.06. The standard InChI is InChI=1S/C47H48N6O6/c1-27-20-34(11-9-30(27)23-48)59-45-46(2,3)44(47(45,4)5)52-24-31-21-29(8-12-35(31)41(52)56)7-6-28-16-18-50(19-17-28)33-25-51(26-33)32-10-13-36-37(22-32)43(58)53(42(36)57)38-14-15-39(54)49-40(38)55/h8-13,20-22,28,33,38,44-45H,14-19,24-26H2,1-5H3,(H,49,54,55)/t38?,44-,45-. The summed E-state index contributed by atoms with van der Waals surface area (Å²) in [5, 5.41) is 11.6. The second kappa shape index (κ2) is 14.1. The molecule has 12 heteroatoms. The molecule has 1 aliphatic carbocycles. The Morgan fingerprint density at radius 3 is 2.22 bits per heavy atom. The average molecular weight is 793 g/mol. The molecule has 0 bridgehead atoms. The number of hydrogen-bond donors (Lipinski definition) is 1. The number of nitriles is 1. The summed E-state index contributed by atoms with van der Waals surface area (Å²) in [6.45, 7) is 14.7. The lowest BCUT2D eigenvalue weighted by Crippen LogP contribution is -2.74. The second-order valence-electron chi connectivity index (χ2n) is 18.3. The molecule has 1 unspecified atom stereocenters. The zero-order valence-corrected chi connectivity index (χ0v) is 34.1. The van der Waals surface area contributed by atoms with E-state index in [0.717, 1.165) is 77.6 Å². The number of nitrogens with zero attached hydrogens (tertiary/aromatic N) is 5. The molecule has 5 amide bonds. The van der Waals surface area contributed by atoms with Crippen molar-refractivity contribution in [1.29, 1.82) is 5.26 Å². The fourth-order valence-corrected chi connectivity index (χ4v) is 11.0. The third-order valence-corrected chi connectivity index (χ3v) is 13.7. The number of piperidine rings is 2. The van der Waals surface area contributed by atoms with E-state index in [1.807, 2.05) is 42.2 Å². The van der Waals surface area contributed by atoms with Gasteiger partial charge in [0.1, 0.15) is 17.9 Å². The molecule has 0 spiro atoms. The fraction of sp³-hybridized carbons (Fsp3) is 0.447. The van der Waals surface area contributed by atoms with Crippen molar-refractivity contribution < 1.29 is 28.7 Å². The van der Waals surface area contributed by atoms with Gasteiger partial charge in [-0.2, -0.15) is 5.26 Å². The van der Waals surface area contributed by atoms with Crippen LogP contribution < -0.4 is 15.0 Å². The number of benzene rings is 3. The highest BCUT2D eigenvalue weighted by atomic mass is 16.5. The van der Waals surface area contributed by atoms with E-state index in [4.69, 9.17) is 4.74 Å². The van der Waals surface area contributed by atoms with Gasteiger partial charge in [-0.3, -0.25) is 39.1 Å². The number of nitrogens with one attached hydrogen (secondary N) is 1. The van der Waals surface area contributed by atoms with Crippen molar-refractivity contribution in [3.8, 4) is 23.7 Å². The van der Waals surface area contributed by atoms with Gasteiger partial charge in [0.05, 0.1) is 22.8 Å². The first-order valence-corrected chi connectivity index (χ1v) is 20.6. The number of carbonyl (C=O) groups is 5. The normalized spacial score (nSPS) is 25.1. The molecule has 5 heterocycles. The lowest BCUT2D eigenvalue weighted by Gasteiger charge is -2.65. The van der Waals surface area contributed by atoms with Gasteiger partial charge in [0.2, 0.25) is 11.8 Å². The van der Waals surface area contributed by atoms with E-state index in [9.17, 15) is 29.2 Å². The lowest BCUT2D eigenvalue weighted by molar-refractivity contribution is -0.199. The molecule has 3 saturated heterocycles. The first-order chi connectivity index (χ1) is 28.1. The number of hydrogen-bond acceptors (Lipinski definition) is 9. The maximum atomic E-state index is 13.8. The molecule has 302 valence electrons. The molecule has 1 saturated carbocycles. The van der Waals surface area contributed by atoms with Gasteiger partial charge in [0, 0.05) is 71.7 Å². The number of fused-ring (bicyclic) bond motifs is 2. The highest BCUT2D eigenvalue weighted by molar-refractivity contribution is 6.23. The molecule has 3 aromatic rings. The molecule has 12 nitrogen and oxygen atoms in total. The topological polar surface area (TPSA) is 143 Å². The van der Waals surface area contributed by atoms with Crippen LogP contribution in [0.4, 0.5) is 5.69 Å². The minimum Gasteiger partial charge on any atom is -0.489 e. The number of imide groups is 2. The maximum absolute atomic E-state index is 13.8. The highest BCUT2D eigenvalue weighted by Crippen LogP contribution is 2.59. The van der Waals surface area contributed by atoms with Crippen molar-refractivity contribution in [3.05, 3.63) is 93.5 Å². The molecule has 3 aromatic carbocycles. The van der Waals surface area contributed by atoms with Crippen molar-refractivity contribution in [3.63, 3.8) is 0 Å². The molecular formula is C47H48N6O6. The van der Waals surface area contributed by atoms with Gasteiger partial charge in [-0.15, -0.1) is 0 Å². The molecule has 59 heavy (non-hydrogen) atoms. The van der Waals surface area contributed by atoms with Crippen molar-refractivity contribution in [2.24, 2.45) is 16.7 Å². The van der Waals surface area contributed by atoms with Gasteiger partial charge in [-0.05, 0) is 105 Å². The smallest absolute Gasteiger partial charge is 0.262 e. The van der Waals surface area contributed by atoms with Crippen LogP contribution in [0.2, 0.25) is 0 Å². The van der Waals surface area contributed by atoms with E-state index in [1.165, 1.54) is 0 Å². The number of amides is 5. The van der Waals surface area contributed by atoms with Crippen LogP contribution in [0.25, 0.3) is 0 Å². The van der Waals surface area contributed by atoms with E-state index in [-0.39, 0.29) is 53.2 Å². The van der Waals surface area contributed by atoms with Crippen LogP contribution >= 0.6 is 0 Å². The SMILES string of the molecule is Cc1cc(O[C@H]2C(C)(C)[C@H](N3Cc4cc(C#CC5CCN(C6CN(c7ccc8c(c7)C(=O)N(C7CCC(=O)NC7=O)C8=O)C6)CC5)ccc4C3=O)C2(C)C)ccc1C#N. The Labute approximate surface area is 344 Å². The summed E-state index contributed by atoms with van der Waals surface area (Å²) in [6, 6.07) is 18.4. The Morgan fingerprint density at radius 2 is 1.53 bits per heavy atom. The van der Waals surface area contributed by atoms with Crippen molar-refractivity contribution in [2.75, 3.05) is 31.1 Å². The van der Waals surface area contributed by atoms with E-state index >= 15 is 0 Å². The summed E-state index contributed by atoms with van der Waals surface area (Å²) in [7, 11) is 0. The quantitative estimate of drug-likeness (QED) is 0.268. The second-order valence-corrected chi connectivity index (χ2v) is 18.3. The molecule has 1 atom stereocenters. The van der Waals surface area contributed by atoms with Crippen molar-refractivity contribution in [2.45, 2.75) is 91.1 Å². The van der Waals surface area contributed by atoms with Crippen LogP contribution in [0, 0.1) is 46.8 Å². The average Bonchev–Trinajstić information content (AvgIpc) is 3.62. The van der Waals surface area contributed by atoms with E-state index < -0.39 is 29.7 Å². The minimum absolute atomic E-state index is 0.0250. The van der Waals surface area contributed by atoms with Gasteiger partial charge in [-0.25, -0.2) is 0 Å².